The summed E-state index contributed by atoms with van der Waals surface area (Å²) in [5.74, 6) is -0.953. The van der Waals surface area contributed by atoms with Gasteiger partial charge in [0.1, 0.15) is 6.54 Å². The number of rotatable bonds is 5. The van der Waals surface area contributed by atoms with Crippen molar-refractivity contribution in [3.63, 3.8) is 0 Å². The number of phenols is 1. The molecule has 1 aromatic carbocycles. The quantitative estimate of drug-likeness (QED) is 0.649. The van der Waals surface area contributed by atoms with Crippen molar-refractivity contribution in [3.05, 3.63) is 28.7 Å². The van der Waals surface area contributed by atoms with E-state index in [2.05, 4.69) is 4.74 Å². The lowest BCUT2D eigenvalue weighted by atomic mass is 10.2. The fourth-order valence-corrected chi connectivity index (χ4v) is 2.71. The summed E-state index contributed by atoms with van der Waals surface area (Å²) < 4.78 is 9.73. The van der Waals surface area contributed by atoms with Crippen molar-refractivity contribution < 1.29 is 29.0 Å². The van der Waals surface area contributed by atoms with Gasteiger partial charge in [0.05, 0.1) is 18.6 Å². The molecule has 1 fully saturated rings. The molecule has 0 aliphatic carbocycles. The Morgan fingerprint density at radius 3 is 2.78 bits per heavy atom. The molecule has 1 heterocycles. The molecule has 1 saturated heterocycles. The molecule has 122 valence electrons. The summed E-state index contributed by atoms with van der Waals surface area (Å²) in [7, 11) is 1.18. The number of esters is 1. The number of methoxy groups -OCH3 is 1. The van der Waals surface area contributed by atoms with Crippen LogP contribution in [-0.2, 0) is 14.3 Å². The van der Waals surface area contributed by atoms with Crippen molar-refractivity contribution in [1.82, 2.24) is 4.90 Å². The Kier molecular flexibility index (Phi) is 5.28. The van der Waals surface area contributed by atoms with E-state index >= 15 is 0 Å². The van der Waals surface area contributed by atoms with E-state index in [0.717, 1.165) is 16.7 Å². The highest BCUT2D eigenvalue weighted by molar-refractivity contribution is 8.18. The third-order valence-corrected chi connectivity index (χ3v) is 3.88. The van der Waals surface area contributed by atoms with Gasteiger partial charge in [-0.1, -0.05) is 6.07 Å². The maximum Gasteiger partial charge on any atom is 0.325 e. The second kappa shape index (κ2) is 7.19. The van der Waals surface area contributed by atoms with Crippen LogP contribution in [0.25, 0.3) is 6.08 Å². The first-order valence-electron chi connectivity index (χ1n) is 6.74. The second-order valence-corrected chi connectivity index (χ2v) is 5.50. The van der Waals surface area contributed by atoms with Crippen LogP contribution in [0.3, 0.4) is 0 Å². The zero-order chi connectivity index (χ0) is 17.0. The second-order valence-electron chi connectivity index (χ2n) is 4.50. The van der Waals surface area contributed by atoms with Crippen molar-refractivity contribution >= 4 is 35.0 Å². The largest absolute Gasteiger partial charge is 0.504 e. The molecule has 1 aromatic rings. The van der Waals surface area contributed by atoms with E-state index in [4.69, 9.17) is 4.74 Å². The molecule has 1 aliphatic rings. The van der Waals surface area contributed by atoms with Crippen LogP contribution in [0.15, 0.2) is 23.1 Å². The van der Waals surface area contributed by atoms with Crippen molar-refractivity contribution in [2.45, 2.75) is 6.92 Å². The number of carbonyl (C=O) groups is 3. The minimum atomic E-state index is -0.670. The molecular formula is C15H15NO6S. The summed E-state index contributed by atoms with van der Waals surface area (Å²) in [6, 6.07) is 4.59. The van der Waals surface area contributed by atoms with E-state index in [9.17, 15) is 19.5 Å². The smallest absolute Gasteiger partial charge is 0.325 e. The SMILES string of the molecule is CCOc1cc(/C=C2/SC(=O)N(CC(=O)OC)C2=O)ccc1O. The summed E-state index contributed by atoms with van der Waals surface area (Å²) >= 11 is 0.740. The lowest BCUT2D eigenvalue weighted by molar-refractivity contribution is -0.143. The van der Waals surface area contributed by atoms with E-state index in [-0.39, 0.29) is 16.4 Å². The van der Waals surface area contributed by atoms with E-state index in [1.165, 1.54) is 19.3 Å². The Hall–Kier alpha value is -2.48. The Labute approximate surface area is 136 Å². The summed E-state index contributed by atoms with van der Waals surface area (Å²) in [6.45, 7) is 1.75. The van der Waals surface area contributed by atoms with E-state index in [1.54, 1.807) is 19.1 Å². The highest BCUT2D eigenvalue weighted by Gasteiger charge is 2.36. The molecular weight excluding hydrogens is 322 g/mol. The predicted molar refractivity (Wildman–Crippen MR) is 84.0 cm³/mol. The Morgan fingerprint density at radius 1 is 1.39 bits per heavy atom. The number of hydrogen-bond donors (Lipinski definition) is 1. The van der Waals surface area contributed by atoms with E-state index in [1.807, 2.05) is 0 Å². The highest BCUT2D eigenvalue weighted by Crippen LogP contribution is 2.34. The lowest BCUT2D eigenvalue weighted by Gasteiger charge is -2.09. The molecule has 7 nitrogen and oxygen atoms in total. The Bertz CT molecular complexity index is 685. The minimum absolute atomic E-state index is 0.0113. The van der Waals surface area contributed by atoms with Crippen LogP contribution < -0.4 is 4.74 Å². The standard InChI is InChI=1S/C15H15NO6S/c1-3-22-11-6-9(4-5-10(11)17)7-12-14(19)16(15(20)23-12)8-13(18)21-2/h4-7,17H,3,8H2,1-2H3/b12-7+. The predicted octanol–water partition coefficient (Wildman–Crippen LogP) is 2.00. The lowest BCUT2D eigenvalue weighted by Crippen LogP contribution is -2.34. The number of benzene rings is 1. The number of amides is 2. The first-order valence-corrected chi connectivity index (χ1v) is 7.56. The van der Waals surface area contributed by atoms with Gasteiger partial charge in [0.2, 0.25) is 0 Å². The zero-order valence-electron chi connectivity index (χ0n) is 12.6. The molecule has 0 bridgehead atoms. The average Bonchev–Trinajstić information content (AvgIpc) is 2.78. The minimum Gasteiger partial charge on any atom is -0.504 e. The summed E-state index contributed by atoms with van der Waals surface area (Å²) in [4.78, 5) is 36.2. The van der Waals surface area contributed by atoms with Crippen LogP contribution in [0, 0.1) is 0 Å². The number of hydrogen-bond acceptors (Lipinski definition) is 7. The maximum atomic E-state index is 12.2. The van der Waals surface area contributed by atoms with Crippen molar-refractivity contribution in [1.29, 1.82) is 0 Å². The van der Waals surface area contributed by atoms with Crippen molar-refractivity contribution in [2.24, 2.45) is 0 Å². The van der Waals surface area contributed by atoms with Gasteiger partial charge in [0.15, 0.2) is 11.5 Å². The number of carbonyl (C=O) groups excluding carboxylic acids is 3. The average molecular weight is 337 g/mol. The first kappa shape index (κ1) is 16.9. The van der Waals surface area contributed by atoms with Crippen LogP contribution >= 0.6 is 11.8 Å². The van der Waals surface area contributed by atoms with Crippen LogP contribution in [0.5, 0.6) is 11.5 Å². The number of aromatic hydroxyl groups is 1. The van der Waals surface area contributed by atoms with E-state index < -0.39 is 23.7 Å². The third-order valence-electron chi connectivity index (χ3n) is 2.97. The fraction of sp³-hybridized carbons (Fsp3) is 0.267. The molecule has 23 heavy (non-hydrogen) atoms. The normalized spacial score (nSPS) is 16.1. The topological polar surface area (TPSA) is 93.1 Å². The van der Waals surface area contributed by atoms with E-state index in [0.29, 0.717) is 12.2 Å². The summed E-state index contributed by atoms with van der Waals surface area (Å²) in [5, 5.41) is 9.13. The van der Waals surface area contributed by atoms with Gasteiger partial charge in [0, 0.05) is 0 Å². The first-order chi connectivity index (χ1) is 11.0. The van der Waals surface area contributed by atoms with Gasteiger partial charge in [-0.3, -0.25) is 19.3 Å². The monoisotopic (exact) mass is 337 g/mol. The van der Waals surface area contributed by atoms with Crippen LogP contribution in [0.4, 0.5) is 4.79 Å². The number of nitrogens with zero attached hydrogens (tertiary/aromatic N) is 1. The van der Waals surface area contributed by atoms with Crippen LogP contribution in [0.2, 0.25) is 0 Å². The summed E-state index contributed by atoms with van der Waals surface area (Å²) in [6.07, 6.45) is 1.50. The van der Waals surface area contributed by atoms with Gasteiger partial charge < -0.3 is 14.6 Å². The van der Waals surface area contributed by atoms with Gasteiger partial charge in [-0.2, -0.15) is 0 Å². The zero-order valence-corrected chi connectivity index (χ0v) is 13.4. The van der Waals surface area contributed by atoms with Gasteiger partial charge in [-0.25, -0.2) is 0 Å². The molecule has 1 N–H and O–H groups in total. The van der Waals surface area contributed by atoms with Gasteiger partial charge in [-0.05, 0) is 42.5 Å². The number of imide groups is 1. The van der Waals surface area contributed by atoms with Crippen molar-refractivity contribution in [2.75, 3.05) is 20.3 Å². The number of phenolic OH excluding ortho intramolecular Hbond substituents is 1. The maximum absolute atomic E-state index is 12.2. The molecule has 0 aromatic heterocycles. The molecule has 1 aliphatic heterocycles. The van der Waals surface area contributed by atoms with Gasteiger partial charge in [0.25, 0.3) is 11.1 Å². The highest BCUT2D eigenvalue weighted by atomic mass is 32.2. The number of thioether (sulfide) groups is 1. The van der Waals surface area contributed by atoms with Gasteiger partial charge in [-0.15, -0.1) is 0 Å². The van der Waals surface area contributed by atoms with Crippen molar-refractivity contribution in [3.8, 4) is 11.5 Å². The Balaban J connectivity index is 2.23. The molecule has 0 saturated carbocycles. The van der Waals surface area contributed by atoms with Crippen LogP contribution in [0.1, 0.15) is 12.5 Å². The molecule has 0 radical (unpaired) electrons. The molecule has 0 atom stereocenters. The molecule has 8 heteroatoms. The Morgan fingerprint density at radius 2 is 2.13 bits per heavy atom. The molecule has 0 unspecified atom stereocenters. The molecule has 0 spiro atoms. The summed E-state index contributed by atoms with van der Waals surface area (Å²) in [5.41, 5.74) is 0.592. The molecule has 2 rings (SSSR count). The third kappa shape index (κ3) is 3.84. The molecule has 2 amide bonds. The number of ether oxygens (including phenoxy) is 2. The van der Waals surface area contributed by atoms with Crippen LogP contribution in [-0.4, -0.2) is 47.4 Å². The van der Waals surface area contributed by atoms with Gasteiger partial charge >= 0.3 is 5.97 Å². The fourth-order valence-electron chi connectivity index (χ4n) is 1.87.